The number of hydrogen-bond acceptors (Lipinski definition) is 2. The van der Waals surface area contributed by atoms with Gasteiger partial charge in [-0.25, -0.2) is 0 Å². The van der Waals surface area contributed by atoms with Crippen molar-refractivity contribution in [3.05, 3.63) is 63.9 Å². The van der Waals surface area contributed by atoms with Crippen LogP contribution in [-0.2, 0) is 13.1 Å². The number of nitrogens with zero attached hydrogens (tertiary/aromatic N) is 1. The van der Waals surface area contributed by atoms with Crippen LogP contribution in [0.1, 0.15) is 11.3 Å². The van der Waals surface area contributed by atoms with E-state index in [1.54, 1.807) is 6.20 Å². The predicted octanol–water partition coefficient (Wildman–Crippen LogP) is 0.682. The molecule has 2 nitrogen and oxygen atoms in total. The second-order valence-corrected chi connectivity index (χ2v) is 4.44. The van der Waals surface area contributed by atoms with Crippen LogP contribution in [0.2, 0.25) is 10.0 Å². The molecule has 0 saturated heterocycles. The van der Waals surface area contributed by atoms with E-state index in [4.69, 9.17) is 23.2 Å². The Hall–Kier alpha value is -0.800. The van der Waals surface area contributed by atoms with Crippen LogP contribution < -0.4 is 17.7 Å². The minimum Gasteiger partial charge on any atom is -1.00 e. The molecule has 0 bridgehead atoms. The number of rotatable bonds is 4. The van der Waals surface area contributed by atoms with Gasteiger partial charge in [-0.15, -0.1) is 0 Å². The van der Waals surface area contributed by atoms with Gasteiger partial charge < -0.3 is 17.7 Å². The van der Waals surface area contributed by atoms with Crippen molar-refractivity contribution in [2.24, 2.45) is 0 Å². The number of benzene rings is 1. The number of hydrogen-bond donors (Lipinski definition) is 1. The van der Waals surface area contributed by atoms with Crippen LogP contribution in [0.3, 0.4) is 0 Å². The van der Waals surface area contributed by atoms with Crippen molar-refractivity contribution in [2.75, 3.05) is 0 Å². The van der Waals surface area contributed by atoms with Crippen LogP contribution in [0.15, 0.2) is 42.6 Å². The largest absolute Gasteiger partial charge is 1.00 e. The Morgan fingerprint density at radius 3 is 2.28 bits per heavy atom. The third-order valence-corrected chi connectivity index (χ3v) is 3.10. The first kappa shape index (κ1) is 15.3. The van der Waals surface area contributed by atoms with E-state index in [0.717, 1.165) is 11.3 Å². The van der Waals surface area contributed by atoms with Gasteiger partial charge in [-0.2, -0.15) is 0 Å². The van der Waals surface area contributed by atoms with E-state index in [-0.39, 0.29) is 12.4 Å². The molecule has 2 rings (SSSR count). The molecule has 1 aromatic carbocycles. The Morgan fingerprint density at radius 1 is 0.944 bits per heavy atom. The SMILES string of the molecule is Clc1cccc(Cl)c1CNCc1ccccn1.[Cl-]. The lowest BCUT2D eigenvalue weighted by molar-refractivity contribution is -0.00000335. The number of nitrogens with one attached hydrogen (secondary N) is 1. The molecule has 96 valence electrons. The highest BCUT2D eigenvalue weighted by atomic mass is 35.5. The summed E-state index contributed by atoms with van der Waals surface area (Å²) in [4.78, 5) is 4.23. The summed E-state index contributed by atoms with van der Waals surface area (Å²) in [6, 6.07) is 11.4. The van der Waals surface area contributed by atoms with E-state index in [0.29, 0.717) is 23.1 Å². The molecule has 0 radical (unpaired) electrons. The molecule has 0 aliphatic rings. The molecule has 0 spiro atoms. The Labute approximate surface area is 123 Å². The van der Waals surface area contributed by atoms with Gasteiger partial charge in [-0.3, -0.25) is 4.98 Å². The molecule has 0 saturated carbocycles. The first-order valence-electron chi connectivity index (χ1n) is 5.31. The molecule has 5 heteroatoms. The molecule has 1 aromatic heterocycles. The average Bonchev–Trinajstić information content (AvgIpc) is 2.34. The normalized spacial score (nSPS) is 9.89. The van der Waals surface area contributed by atoms with Crippen molar-refractivity contribution in [2.45, 2.75) is 13.1 Å². The van der Waals surface area contributed by atoms with E-state index in [1.165, 1.54) is 0 Å². The standard InChI is InChI=1S/C13H12Cl2N2.ClH/c14-12-5-3-6-13(15)11(12)9-16-8-10-4-1-2-7-17-10;/h1-7,16H,8-9H2;1H/p-1. The van der Waals surface area contributed by atoms with Crippen molar-refractivity contribution in [3.8, 4) is 0 Å². The average molecular weight is 303 g/mol. The number of aromatic nitrogens is 1. The van der Waals surface area contributed by atoms with Crippen molar-refractivity contribution in [1.29, 1.82) is 0 Å². The summed E-state index contributed by atoms with van der Waals surface area (Å²) in [5.74, 6) is 0. The molecular formula is C13H12Cl3N2-. The van der Waals surface area contributed by atoms with E-state index >= 15 is 0 Å². The van der Waals surface area contributed by atoms with Crippen LogP contribution in [-0.4, -0.2) is 4.98 Å². The van der Waals surface area contributed by atoms with Crippen LogP contribution in [0.4, 0.5) is 0 Å². The molecular weight excluding hydrogens is 291 g/mol. The second-order valence-electron chi connectivity index (χ2n) is 3.62. The van der Waals surface area contributed by atoms with Gasteiger partial charge in [0.15, 0.2) is 0 Å². The zero-order valence-corrected chi connectivity index (χ0v) is 11.8. The summed E-state index contributed by atoms with van der Waals surface area (Å²) in [5.41, 5.74) is 1.92. The Bertz CT molecular complexity index is 469. The molecule has 0 amide bonds. The van der Waals surface area contributed by atoms with Gasteiger partial charge in [0.25, 0.3) is 0 Å². The molecule has 2 aromatic rings. The van der Waals surface area contributed by atoms with Gasteiger partial charge in [0.1, 0.15) is 0 Å². The summed E-state index contributed by atoms with van der Waals surface area (Å²) >= 11 is 12.1. The third-order valence-electron chi connectivity index (χ3n) is 2.40. The molecule has 18 heavy (non-hydrogen) atoms. The highest BCUT2D eigenvalue weighted by molar-refractivity contribution is 6.35. The summed E-state index contributed by atoms with van der Waals surface area (Å²) in [6.07, 6.45) is 1.78. The lowest BCUT2D eigenvalue weighted by atomic mass is 10.2. The van der Waals surface area contributed by atoms with E-state index in [1.807, 2.05) is 36.4 Å². The van der Waals surface area contributed by atoms with Gasteiger partial charge in [0.05, 0.1) is 5.69 Å². The molecule has 0 atom stereocenters. The number of pyridine rings is 1. The second kappa shape index (κ2) is 7.59. The monoisotopic (exact) mass is 301 g/mol. The van der Waals surface area contributed by atoms with Gasteiger partial charge in [-0.1, -0.05) is 35.3 Å². The summed E-state index contributed by atoms with van der Waals surface area (Å²) in [5, 5.41) is 4.64. The quantitative estimate of drug-likeness (QED) is 0.898. The van der Waals surface area contributed by atoms with Gasteiger partial charge in [0, 0.05) is 34.9 Å². The molecule has 0 aliphatic carbocycles. The van der Waals surface area contributed by atoms with E-state index < -0.39 is 0 Å². The highest BCUT2D eigenvalue weighted by Crippen LogP contribution is 2.23. The summed E-state index contributed by atoms with van der Waals surface area (Å²) < 4.78 is 0. The fraction of sp³-hybridized carbons (Fsp3) is 0.154. The maximum atomic E-state index is 6.07. The molecule has 0 aliphatic heterocycles. The van der Waals surface area contributed by atoms with Crippen LogP contribution >= 0.6 is 23.2 Å². The Morgan fingerprint density at radius 2 is 1.67 bits per heavy atom. The Balaban J connectivity index is 0.00000162. The van der Waals surface area contributed by atoms with Crippen molar-refractivity contribution < 1.29 is 12.4 Å². The fourth-order valence-corrected chi connectivity index (χ4v) is 2.05. The number of halogens is 3. The zero-order chi connectivity index (χ0) is 12.1. The molecule has 1 N–H and O–H groups in total. The minimum absolute atomic E-state index is 0. The van der Waals surface area contributed by atoms with Gasteiger partial charge in [-0.05, 0) is 24.3 Å². The minimum atomic E-state index is 0. The lowest BCUT2D eigenvalue weighted by Crippen LogP contribution is -3.00. The third kappa shape index (κ3) is 4.14. The smallest absolute Gasteiger partial charge is 0.0541 e. The first-order valence-corrected chi connectivity index (χ1v) is 6.06. The van der Waals surface area contributed by atoms with E-state index in [2.05, 4.69) is 10.3 Å². The fourth-order valence-electron chi connectivity index (χ4n) is 1.52. The van der Waals surface area contributed by atoms with Crippen molar-refractivity contribution in [3.63, 3.8) is 0 Å². The van der Waals surface area contributed by atoms with Crippen molar-refractivity contribution in [1.82, 2.24) is 10.3 Å². The molecule has 1 heterocycles. The maximum absolute atomic E-state index is 6.07. The summed E-state index contributed by atoms with van der Waals surface area (Å²) in [7, 11) is 0. The summed E-state index contributed by atoms with van der Waals surface area (Å²) in [6.45, 7) is 1.33. The topological polar surface area (TPSA) is 24.9 Å². The van der Waals surface area contributed by atoms with Crippen molar-refractivity contribution >= 4 is 23.2 Å². The first-order chi connectivity index (χ1) is 8.27. The van der Waals surface area contributed by atoms with Crippen LogP contribution in [0, 0.1) is 0 Å². The van der Waals surface area contributed by atoms with Gasteiger partial charge in [0.2, 0.25) is 0 Å². The van der Waals surface area contributed by atoms with Crippen LogP contribution in [0.5, 0.6) is 0 Å². The Kier molecular flexibility index (Phi) is 6.44. The van der Waals surface area contributed by atoms with Crippen LogP contribution in [0.25, 0.3) is 0 Å². The molecule has 0 fully saturated rings. The van der Waals surface area contributed by atoms with Gasteiger partial charge >= 0.3 is 0 Å². The molecule has 0 unspecified atom stereocenters. The lowest BCUT2D eigenvalue weighted by Gasteiger charge is -2.08. The highest BCUT2D eigenvalue weighted by Gasteiger charge is 2.04. The zero-order valence-electron chi connectivity index (χ0n) is 9.54. The maximum Gasteiger partial charge on any atom is 0.0541 e. The predicted molar refractivity (Wildman–Crippen MR) is 71.2 cm³/mol. The van der Waals surface area contributed by atoms with E-state index in [9.17, 15) is 0 Å².